The predicted molar refractivity (Wildman–Crippen MR) is 98.8 cm³/mol. The molecule has 0 saturated heterocycles. The van der Waals surface area contributed by atoms with E-state index in [-0.39, 0.29) is 11.4 Å². The minimum atomic E-state index is -3.55. The Hall–Kier alpha value is -1.71. The van der Waals surface area contributed by atoms with Crippen LogP contribution in [-0.2, 0) is 10.0 Å². The molecule has 0 saturated carbocycles. The van der Waals surface area contributed by atoms with Gasteiger partial charge in [0, 0.05) is 30.2 Å². The van der Waals surface area contributed by atoms with E-state index in [2.05, 4.69) is 41.3 Å². The molecule has 0 aliphatic carbocycles. The van der Waals surface area contributed by atoms with Crippen molar-refractivity contribution in [2.24, 2.45) is 0 Å². The minimum absolute atomic E-state index is 0.220. The SMILES string of the molecule is CCNc1cc(NCCNS(=O)(=O)c2ccccc2Br)nc(C)n1. The van der Waals surface area contributed by atoms with Crippen molar-refractivity contribution in [2.45, 2.75) is 18.7 Å². The van der Waals surface area contributed by atoms with Gasteiger partial charge in [0.1, 0.15) is 17.5 Å². The van der Waals surface area contributed by atoms with Crippen molar-refractivity contribution < 1.29 is 8.42 Å². The Labute approximate surface area is 150 Å². The number of nitrogens with zero attached hydrogens (tertiary/aromatic N) is 2. The molecule has 0 spiro atoms. The summed E-state index contributed by atoms with van der Waals surface area (Å²) in [6, 6.07) is 8.49. The average Bonchev–Trinajstić information content (AvgIpc) is 2.52. The highest BCUT2D eigenvalue weighted by atomic mass is 79.9. The molecule has 7 nitrogen and oxygen atoms in total. The van der Waals surface area contributed by atoms with Gasteiger partial charge in [-0.05, 0) is 41.9 Å². The molecule has 130 valence electrons. The molecule has 0 amide bonds. The first kappa shape index (κ1) is 18.6. The second-order valence-electron chi connectivity index (χ2n) is 4.97. The van der Waals surface area contributed by atoms with E-state index in [1.807, 2.05) is 13.8 Å². The van der Waals surface area contributed by atoms with Crippen LogP contribution < -0.4 is 15.4 Å². The lowest BCUT2D eigenvalue weighted by atomic mass is 10.4. The molecule has 2 rings (SSSR count). The highest BCUT2D eigenvalue weighted by Crippen LogP contribution is 2.20. The van der Waals surface area contributed by atoms with E-state index < -0.39 is 10.0 Å². The van der Waals surface area contributed by atoms with E-state index in [9.17, 15) is 8.42 Å². The van der Waals surface area contributed by atoms with Crippen LogP contribution in [0.1, 0.15) is 12.7 Å². The van der Waals surface area contributed by atoms with Crippen molar-refractivity contribution in [3.8, 4) is 0 Å². The largest absolute Gasteiger partial charge is 0.370 e. The van der Waals surface area contributed by atoms with Gasteiger partial charge in [0.15, 0.2) is 0 Å². The van der Waals surface area contributed by atoms with Gasteiger partial charge >= 0.3 is 0 Å². The average molecular weight is 414 g/mol. The quantitative estimate of drug-likeness (QED) is 0.574. The fourth-order valence-corrected chi connectivity index (χ4v) is 4.08. The zero-order chi connectivity index (χ0) is 17.6. The summed E-state index contributed by atoms with van der Waals surface area (Å²) in [6.45, 7) is 5.21. The fourth-order valence-electron chi connectivity index (χ4n) is 2.05. The summed E-state index contributed by atoms with van der Waals surface area (Å²) in [5.41, 5.74) is 0. The van der Waals surface area contributed by atoms with Gasteiger partial charge in [0.05, 0.1) is 4.90 Å². The van der Waals surface area contributed by atoms with Gasteiger partial charge in [-0.25, -0.2) is 23.1 Å². The zero-order valence-electron chi connectivity index (χ0n) is 13.5. The Morgan fingerprint density at radius 2 is 1.75 bits per heavy atom. The third kappa shape index (κ3) is 5.15. The summed E-state index contributed by atoms with van der Waals surface area (Å²) in [5, 5.41) is 6.22. The smallest absolute Gasteiger partial charge is 0.241 e. The number of nitrogens with one attached hydrogen (secondary N) is 3. The summed E-state index contributed by atoms with van der Waals surface area (Å²) in [7, 11) is -3.55. The summed E-state index contributed by atoms with van der Waals surface area (Å²) < 4.78 is 27.6. The molecule has 1 aromatic heterocycles. The van der Waals surface area contributed by atoms with E-state index in [1.165, 1.54) is 0 Å². The summed E-state index contributed by atoms with van der Waals surface area (Å²) in [4.78, 5) is 8.76. The maximum Gasteiger partial charge on any atom is 0.241 e. The van der Waals surface area contributed by atoms with Crippen LogP contribution in [0.2, 0.25) is 0 Å². The van der Waals surface area contributed by atoms with E-state index in [1.54, 1.807) is 30.3 Å². The van der Waals surface area contributed by atoms with Gasteiger partial charge < -0.3 is 10.6 Å². The summed E-state index contributed by atoms with van der Waals surface area (Å²) >= 11 is 3.25. The molecule has 0 fully saturated rings. The van der Waals surface area contributed by atoms with Crippen LogP contribution in [-0.4, -0.2) is 38.0 Å². The standard InChI is InChI=1S/C15H20BrN5O2S/c1-3-17-14-10-15(21-11(2)20-14)18-8-9-19-24(22,23)13-7-5-4-6-12(13)16/h4-7,10,19H,3,8-9H2,1-2H3,(H2,17,18,20,21). The first-order chi connectivity index (χ1) is 11.4. The first-order valence-corrected chi connectivity index (χ1v) is 9.77. The Morgan fingerprint density at radius 1 is 1.08 bits per heavy atom. The van der Waals surface area contributed by atoms with E-state index in [4.69, 9.17) is 0 Å². The highest BCUT2D eigenvalue weighted by molar-refractivity contribution is 9.10. The number of hydrogen-bond acceptors (Lipinski definition) is 6. The van der Waals surface area contributed by atoms with Crippen LogP contribution in [0.5, 0.6) is 0 Å². The molecule has 9 heteroatoms. The molecule has 1 heterocycles. The van der Waals surface area contributed by atoms with Crippen LogP contribution in [0.3, 0.4) is 0 Å². The van der Waals surface area contributed by atoms with Crippen molar-refractivity contribution in [2.75, 3.05) is 30.3 Å². The molecule has 1 aromatic carbocycles. The number of aryl methyl sites for hydroxylation is 1. The van der Waals surface area contributed by atoms with Gasteiger partial charge in [0.2, 0.25) is 10.0 Å². The molecule has 24 heavy (non-hydrogen) atoms. The Kier molecular flexibility index (Phi) is 6.52. The lowest BCUT2D eigenvalue weighted by Gasteiger charge is -2.11. The molecule has 3 N–H and O–H groups in total. The van der Waals surface area contributed by atoms with Crippen molar-refractivity contribution in [1.29, 1.82) is 0 Å². The van der Waals surface area contributed by atoms with Crippen LogP contribution in [0.4, 0.5) is 11.6 Å². The fraction of sp³-hybridized carbons (Fsp3) is 0.333. The Balaban J connectivity index is 1.92. The van der Waals surface area contributed by atoms with Crippen LogP contribution in [0, 0.1) is 6.92 Å². The number of rotatable bonds is 8. The first-order valence-electron chi connectivity index (χ1n) is 7.50. The molecular formula is C15H20BrN5O2S. The van der Waals surface area contributed by atoms with E-state index in [0.29, 0.717) is 22.7 Å². The summed E-state index contributed by atoms with van der Waals surface area (Å²) in [5.74, 6) is 2.03. The number of aromatic nitrogens is 2. The van der Waals surface area contributed by atoms with Gasteiger partial charge in [-0.3, -0.25) is 0 Å². The topological polar surface area (TPSA) is 96.0 Å². The Bertz CT molecular complexity index is 798. The van der Waals surface area contributed by atoms with Gasteiger partial charge in [-0.15, -0.1) is 0 Å². The van der Waals surface area contributed by atoms with E-state index >= 15 is 0 Å². The molecule has 0 unspecified atom stereocenters. The van der Waals surface area contributed by atoms with Crippen molar-refractivity contribution >= 4 is 37.6 Å². The lowest BCUT2D eigenvalue weighted by molar-refractivity contribution is 0.582. The van der Waals surface area contributed by atoms with Crippen LogP contribution >= 0.6 is 15.9 Å². The number of sulfonamides is 1. The second-order valence-corrected chi connectivity index (χ2v) is 7.56. The predicted octanol–water partition coefficient (Wildman–Crippen LogP) is 2.37. The van der Waals surface area contributed by atoms with Gasteiger partial charge in [0.25, 0.3) is 0 Å². The zero-order valence-corrected chi connectivity index (χ0v) is 15.9. The number of benzene rings is 1. The molecule has 2 aromatic rings. The number of hydrogen-bond donors (Lipinski definition) is 3. The maximum absolute atomic E-state index is 12.3. The number of halogens is 1. The summed E-state index contributed by atoms with van der Waals surface area (Å²) in [6.07, 6.45) is 0. The van der Waals surface area contributed by atoms with Crippen molar-refractivity contribution in [1.82, 2.24) is 14.7 Å². The third-order valence-electron chi connectivity index (χ3n) is 3.05. The molecule has 0 radical (unpaired) electrons. The van der Waals surface area contributed by atoms with Crippen LogP contribution in [0.15, 0.2) is 39.7 Å². The lowest BCUT2D eigenvalue weighted by Crippen LogP contribution is -2.29. The maximum atomic E-state index is 12.3. The molecular weight excluding hydrogens is 394 g/mol. The molecule has 0 aliphatic rings. The van der Waals surface area contributed by atoms with Gasteiger partial charge in [-0.2, -0.15) is 0 Å². The molecule has 0 aliphatic heterocycles. The second kappa shape index (κ2) is 8.41. The third-order valence-corrected chi connectivity index (χ3v) is 5.52. The van der Waals surface area contributed by atoms with E-state index in [0.717, 1.165) is 12.4 Å². The van der Waals surface area contributed by atoms with Crippen molar-refractivity contribution in [3.63, 3.8) is 0 Å². The van der Waals surface area contributed by atoms with Crippen molar-refractivity contribution in [3.05, 3.63) is 40.6 Å². The monoisotopic (exact) mass is 413 g/mol. The molecule has 0 atom stereocenters. The molecule has 0 bridgehead atoms. The highest BCUT2D eigenvalue weighted by Gasteiger charge is 2.16. The Morgan fingerprint density at radius 3 is 2.42 bits per heavy atom. The van der Waals surface area contributed by atoms with Crippen LogP contribution in [0.25, 0.3) is 0 Å². The number of anilines is 2. The van der Waals surface area contributed by atoms with Gasteiger partial charge in [-0.1, -0.05) is 12.1 Å². The minimum Gasteiger partial charge on any atom is -0.370 e. The normalized spacial score (nSPS) is 11.3.